The first-order valence-corrected chi connectivity index (χ1v) is 20.3. The van der Waals surface area contributed by atoms with Crippen LogP contribution in [0.25, 0.3) is 0 Å². The highest BCUT2D eigenvalue weighted by molar-refractivity contribution is 5.83. The second-order valence-corrected chi connectivity index (χ2v) is 14.6. The quantitative estimate of drug-likeness (QED) is 0.0429. The Morgan fingerprint density at radius 1 is 0.723 bits per heavy atom. The van der Waals surface area contributed by atoms with Crippen molar-refractivity contribution in [3.8, 4) is 0 Å². The SMILES string of the molecule is CCCCCCCCCCCCCC/C=C/[C@@H](OCOC)C(=O)N[C@H]1COC(C)(C)O[C@@H]1CCCCCCCCCCCCCCC. The van der Waals surface area contributed by atoms with Crippen LogP contribution in [-0.4, -0.2) is 50.5 Å². The summed E-state index contributed by atoms with van der Waals surface area (Å²) in [6.45, 7) is 9.01. The van der Waals surface area contributed by atoms with Gasteiger partial charge in [0, 0.05) is 7.11 Å². The van der Waals surface area contributed by atoms with Gasteiger partial charge in [-0.05, 0) is 33.1 Å². The van der Waals surface area contributed by atoms with Gasteiger partial charge in [0.2, 0.25) is 0 Å². The molecule has 1 aliphatic heterocycles. The Hall–Kier alpha value is -0.950. The van der Waals surface area contributed by atoms with E-state index in [0.29, 0.717) is 6.61 Å². The summed E-state index contributed by atoms with van der Waals surface area (Å²) < 4.78 is 23.2. The molecule has 3 atom stereocenters. The van der Waals surface area contributed by atoms with Gasteiger partial charge in [0.05, 0.1) is 18.8 Å². The van der Waals surface area contributed by atoms with Crippen LogP contribution < -0.4 is 5.32 Å². The number of nitrogens with one attached hydrogen (secondary N) is 1. The zero-order valence-corrected chi connectivity index (χ0v) is 31.9. The first-order chi connectivity index (χ1) is 22.9. The van der Waals surface area contributed by atoms with Gasteiger partial charge in [-0.3, -0.25) is 4.79 Å². The number of carbonyl (C=O) groups excluding carboxylic acids is 1. The van der Waals surface area contributed by atoms with E-state index in [4.69, 9.17) is 18.9 Å². The van der Waals surface area contributed by atoms with Crippen LogP contribution in [0.5, 0.6) is 0 Å². The van der Waals surface area contributed by atoms with E-state index in [9.17, 15) is 4.79 Å². The van der Waals surface area contributed by atoms with Crippen molar-refractivity contribution in [2.45, 2.75) is 225 Å². The number of ether oxygens (including phenoxy) is 4. The number of amides is 1. The lowest BCUT2D eigenvalue weighted by Gasteiger charge is -2.41. The van der Waals surface area contributed by atoms with Crippen LogP contribution in [0, 0.1) is 0 Å². The van der Waals surface area contributed by atoms with Crippen molar-refractivity contribution in [1.29, 1.82) is 0 Å². The van der Waals surface area contributed by atoms with E-state index in [1.807, 2.05) is 19.9 Å². The maximum Gasteiger partial charge on any atom is 0.253 e. The normalized spacial score (nSPS) is 18.6. The summed E-state index contributed by atoms with van der Waals surface area (Å²) in [4.78, 5) is 13.3. The van der Waals surface area contributed by atoms with Gasteiger partial charge in [0.25, 0.3) is 5.91 Å². The van der Waals surface area contributed by atoms with Gasteiger partial charge >= 0.3 is 0 Å². The summed E-state index contributed by atoms with van der Waals surface area (Å²) in [7, 11) is 1.58. The van der Waals surface area contributed by atoms with E-state index in [1.165, 1.54) is 148 Å². The fraction of sp³-hybridized carbons (Fsp3) is 0.927. The van der Waals surface area contributed by atoms with Crippen LogP contribution in [-0.2, 0) is 23.7 Å². The first-order valence-electron chi connectivity index (χ1n) is 20.3. The van der Waals surface area contributed by atoms with Crippen molar-refractivity contribution in [2.75, 3.05) is 20.5 Å². The number of hydrogen-bond donors (Lipinski definition) is 1. The van der Waals surface area contributed by atoms with E-state index >= 15 is 0 Å². The van der Waals surface area contributed by atoms with Crippen LogP contribution in [0.1, 0.15) is 201 Å². The van der Waals surface area contributed by atoms with Crippen LogP contribution in [0.15, 0.2) is 12.2 Å². The Bertz CT molecular complexity index is 727. The molecule has 1 saturated heterocycles. The molecule has 0 radical (unpaired) electrons. The molecule has 6 nitrogen and oxygen atoms in total. The molecule has 47 heavy (non-hydrogen) atoms. The largest absolute Gasteiger partial charge is 0.359 e. The monoisotopic (exact) mass is 666 g/mol. The van der Waals surface area contributed by atoms with E-state index in [0.717, 1.165) is 25.7 Å². The maximum atomic E-state index is 13.3. The third-order valence-electron chi connectivity index (χ3n) is 9.57. The van der Waals surface area contributed by atoms with Crippen LogP contribution >= 0.6 is 0 Å². The molecule has 0 aromatic heterocycles. The van der Waals surface area contributed by atoms with Gasteiger partial charge in [-0.2, -0.15) is 0 Å². The smallest absolute Gasteiger partial charge is 0.253 e. The first kappa shape index (κ1) is 44.1. The molecule has 278 valence electrons. The molecular formula is C41H79NO5. The highest BCUT2D eigenvalue weighted by Gasteiger charge is 2.37. The highest BCUT2D eigenvalue weighted by Crippen LogP contribution is 2.26. The molecule has 0 spiro atoms. The van der Waals surface area contributed by atoms with Crippen molar-refractivity contribution in [3.63, 3.8) is 0 Å². The molecule has 1 amide bonds. The lowest BCUT2D eigenvalue weighted by Crippen LogP contribution is -2.57. The van der Waals surface area contributed by atoms with E-state index in [2.05, 4.69) is 25.2 Å². The van der Waals surface area contributed by atoms with Gasteiger partial charge in [0.1, 0.15) is 6.79 Å². The standard InChI is InChI=1S/C41H79NO5/c1-6-8-10-12-14-16-18-20-22-24-26-28-30-32-34-39(45-36-44-5)40(43)42-37-35-46-41(3,4)47-38(37)33-31-29-27-25-23-21-19-17-15-13-11-9-7-2/h32,34,37-39H,6-31,33,35-36H2,1-5H3,(H,42,43)/b34-32+/t37-,38+,39+/m0/s1. The van der Waals surface area contributed by atoms with Crippen molar-refractivity contribution >= 4 is 5.91 Å². The van der Waals surface area contributed by atoms with Crippen molar-refractivity contribution in [1.82, 2.24) is 5.32 Å². The van der Waals surface area contributed by atoms with Crippen molar-refractivity contribution in [3.05, 3.63) is 12.2 Å². The molecule has 1 rings (SSSR count). The van der Waals surface area contributed by atoms with Crippen molar-refractivity contribution < 1.29 is 23.7 Å². The molecule has 1 heterocycles. The molecule has 0 unspecified atom stereocenters. The number of hydrogen-bond acceptors (Lipinski definition) is 5. The molecule has 1 fully saturated rings. The maximum absolute atomic E-state index is 13.3. The predicted octanol–water partition coefficient (Wildman–Crippen LogP) is 11.7. The van der Waals surface area contributed by atoms with Gasteiger partial charge in [0.15, 0.2) is 11.9 Å². The molecule has 0 bridgehead atoms. The Labute approximate surface area is 292 Å². The number of rotatable bonds is 33. The lowest BCUT2D eigenvalue weighted by molar-refractivity contribution is -0.283. The van der Waals surface area contributed by atoms with E-state index in [1.54, 1.807) is 7.11 Å². The fourth-order valence-corrected chi connectivity index (χ4v) is 6.58. The summed E-state index contributed by atoms with van der Waals surface area (Å²) >= 11 is 0. The predicted molar refractivity (Wildman–Crippen MR) is 199 cm³/mol. The Balaban J connectivity index is 2.32. The van der Waals surface area contributed by atoms with Crippen LogP contribution in [0.4, 0.5) is 0 Å². The summed E-state index contributed by atoms with van der Waals surface area (Å²) in [5.74, 6) is -0.789. The minimum Gasteiger partial charge on any atom is -0.359 e. The lowest BCUT2D eigenvalue weighted by atomic mass is 10.00. The van der Waals surface area contributed by atoms with E-state index in [-0.39, 0.29) is 24.8 Å². The Kier molecular flexibility index (Phi) is 29.1. The fourth-order valence-electron chi connectivity index (χ4n) is 6.58. The summed E-state index contributed by atoms with van der Waals surface area (Å²) in [6, 6.07) is -0.189. The van der Waals surface area contributed by atoms with Gasteiger partial charge < -0.3 is 24.3 Å². The Morgan fingerprint density at radius 2 is 1.17 bits per heavy atom. The second-order valence-electron chi connectivity index (χ2n) is 14.6. The average Bonchev–Trinajstić information content (AvgIpc) is 3.05. The van der Waals surface area contributed by atoms with Crippen LogP contribution in [0.2, 0.25) is 0 Å². The molecule has 6 heteroatoms. The van der Waals surface area contributed by atoms with Gasteiger partial charge in [-0.25, -0.2) is 0 Å². The minimum atomic E-state index is -0.681. The zero-order chi connectivity index (χ0) is 34.3. The van der Waals surface area contributed by atoms with Crippen molar-refractivity contribution in [2.24, 2.45) is 0 Å². The number of allylic oxidation sites excluding steroid dienone is 1. The molecule has 0 saturated carbocycles. The second kappa shape index (κ2) is 31.1. The molecular weight excluding hydrogens is 586 g/mol. The number of methoxy groups -OCH3 is 1. The van der Waals surface area contributed by atoms with Gasteiger partial charge in [-0.15, -0.1) is 0 Å². The summed E-state index contributed by atoms with van der Waals surface area (Å²) in [5.41, 5.74) is 0. The molecule has 1 aliphatic rings. The van der Waals surface area contributed by atoms with E-state index < -0.39 is 11.9 Å². The summed E-state index contributed by atoms with van der Waals surface area (Å²) in [6.07, 6.45) is 38.6. The number of carbonyl (C=O) groups is 1. The summed E-state index contributed by atoms with van der Waals surface area (Å²) in [5, 5.41) is 3.19. The highest BCUT2D eigenvalue weighted by atomic mass is 16.7. The molecule has 0 aromatic rings. The zero-order valence-electron chi connectivity index (χ0n) is 31.9. The molecule has 0 aromatic carbocycles. The minimum absolute atomic E-state index is 0.0662. The molecule has 0 aliphatic carbocycles. The number of unbranched alkanes of at least 4 members (excludes halogenated alkanes) is 24. The Morgan fingerprint density at radius 3 is 1.64 bits per heavy atom. The molecule has 1 N–H and O–H groups in total. The third-order valence-corrected chi connectivity index (χ3v) is 9.57. The third kappa shape index (κ3) is 25.7. The van der Waals surface area contributed by atoms with Gasteiger partial charge in [-0.1, -0.05) is 180 Å². The average molecular weight is 666 g/mol. The topological polar surface area (TPSA) is 66.0 Å². The van der Waals surface area contributed by atoms with Crippen LogP contribution in [0.3, 0.4) is 0 Å².